The Labute approximate surface area is 89.5 Å². The van der Waals surface area contributed by atoms with Crippen LogP contribution < -0.4 is 5.32 Å². The van der Waals surface area contributed by atoms with E-state index in [0.29, 0.717) is 6.07 Å². The van der Waals surface area contributed by atoms with Crippen LogP contribution in [0.2, 0.25) is 0 Å². The second kappa shape index (κ2) is 4.23. The van der Waals surface area contributed by atoms with Crippen LogP contribution in [0.25, 0.3) is 0 Å². The summed E-state index contributed by atoms with van der Waals surface area (Å²) in [5, 5.41) is 10.6. The normalized spacial score (nSPS) is 10.7. The van der Waals surface area contributed by atoms with E-state index in [1.807, 2.05) is 0 Å². The van der Waals surface area contributed by atoms with E-state index in [4.69, 9.17) is 5.26 Å². The first-order valence-corrected chi connectivity index (χ1v) is 4.23. The van der Waals surface area contributed by atoms with Gasteiger partial charge in [0.1, 0.15) is 0 Å². The summed E-state index contributed by atoms with van der Waals surface area (Å²) in [7, 11) is 1.24. The van der Waals surface area contributed by atoms with E-state index in [1.165, 1.54) is 13.1 Å². The summed E-state index contributed by atoms with van der Waals surface area (Å²) in [6.45, 7) is 0. The number of amides is 1. The van der Waals surface area contributed by atoms with Crippen molar-refractivity contribution < 1.29 is 18.0 Å². The van der Waals surface area contributed by atoms with Gasteiger partial charge in [-0.25, -0.2) is 0 Å². The lowest BCUT2D eigenvalue weighted by molar-refractivity contribution is -0.137. The monoisotopic (exact) mass is 228 g/mol. The van der Waals surface area contributed by atoms with E-state index in [-0.39, 0.29) is 5.56 Å². The van der Waals surface area contributed by atoms with Crippen molar-refractivity contribution in [3.05, 3.63) is 34.9 Å². The minimum absolute atomic E-state index is 0.139. The number of nitrogens with zero attached hydrogens (tertiary/aromatic N) is 1. The van der Waals surface area contributed by atoms with E-state index >= 15 is 0 Å². The molecule has 6 heteroatoms. The molecule has 0 aliphatic rings. The van der Waals surface area contributed by atoms with Crippen molar-refractivity contribution >= 4 is 5.91 Å². The van der Waals surface area contributed by atoms with Crippen molar-refractivity contribution in [2.75, 3.05) is 7.05 Å². The average Bonchev–Trinajstić information content (AvgIpc) is 2.26. The first-order chi connectivity index (χ1) is 7.40. The quantitative estimate of drug-likeness (QED) is 0.798. The highest BCUT2D eigenvalue weighted by atomic mass is 19.4. The number of alkyl halides is 3. The van der Waals surface area contributed by atoms with Gasteiger partial charge in [0.2, 0.25) is 0 Å². The van der Waals surface area contributed by atoms with Crippen LogP contribution in [0.15, 0.2) is 18.2 Å². The van der Waals surface area contributed by atoms with Crippen LogP contribution in [0, 0.1) is 11.3 Å². The minimum Gasteiger partial charge on any atom is -0.355 e. The molecule has 1 rings (SSSR count). The largest absolute Gasteiger partial charge is 0.417 e. The molecular formula is C10H7F3N2O. The zero-order valence-electron chi connectivity index (χ0n) is 8.22. The van der Waals surface area contributed by atoms with Crippen LogP contribution in [-0.2, 0) is 6.18 Å². The molecule has 1 N–H and O–H groups in total. The van der Waals surface area contributed by atoms with Gasteiger partial charge in [-0.05, 0) is 18.2 Å². The number of nitriles is 1. The second-order valence-electron chi connectivity index (χ2n) is 2.95. The Morgan fingerprint density at radius 2 is 2.06 bits per heavy atom. The molecule has 0 fully saturated rings. The molecule has 1 aromatic rings. The summed E-state index contributed by atoms with van der Waals surface area (Å²) in [4.78, 5) is 11.2. The molecular weight excluding hydrogens is 221 g/mol. The maximum absolute atomic E-state index is 12.6. The van der Waals surface area contributed by atoms with E-state index in [2.05, 4.69) is 5.32 Å². The summed E-state index contributed by atoms with van der Waals surface area (Å²) in [5.41, 5.74) is -1.74. The fourth-order valence-electron chi connectivity index (χ4n) is 1.18. The first kappa shape index (κ1) is 12.0. The fraction of sp³-hybridized carbons (Fsp3) is 0.200. The van der Waals surface area contributed by atoms with E-state index < -0.39 is 23.2 Å². The molecule has 0 bridgehead atoms. The van der Waals surface area contributed by atoms with Crippen molar-refractivity contribution in [1.82, 2.24) is 5.32 Å². The fourth-order valence-corrected chi connectivity index (χ4v) is 1.18. The zero-order chi connectivity index (χ0) is 12.3. The third-order valence-electron chi connectivity index (χ3n) is 1.93. The van der Waals surface area contributed by atoms with Crippen LogP contribution in [0.3, 0.4) is 0 Å². The number of benzene rings is 1. The Hall–Kier alpha value is -2.03. The number of hydrogen-bond acceptors (Lipinski definition) is 2. The standard InChI is InChI=1S/C10H7F3N2O/c1-15-9(16)7-3-2-6(5-14)4-8(7)10(11,12)13/h2-4H,1H3,(H,15,16). The van der Waals surface area contributed by atoms with Gasteiger partial charge in [-0.2, -0.15) is 18.4 Å². The maximum atomic E-state index is 12.6. The van der Waals surface area contributed by atoms with E-state index in [9.17, 15) is 18.0 Å². The highest BCUT2D eigenvalue weighted by molar-refractivity contribution is 5.95. The first-order valence-electron chi connectivity index (χ1n) is 4.23. The van der Waals surface area contributed by atoms with Crippen molar-refractivity contribution in [2.45, 2.75) is 6.18 Å². The molecule has 1 amide bonds. The van der Waals surface area contributed by atoms with Gasteiger partial charge in [0.15, 0.2) is 0 Å². The molecule has 16 heavy (non-hydrogen) atoms. The van der Waals surface area contributed by atoms with Crippen molar-refractivity contribution in [1.29, 1.82) is 5.26 Å². The van der Waals surface area contributed by atoms with Gasteiger partial charge in [0.05, 0.1) is 22.8 Å². The van der Waals surface area contributed by atoms with E-state index in [0.717, 1.165) is 6.07 Å². The molecule has 0 radical (unpaired) electrons. The number of carbonyl (C=O) groups excluding carboxylic acids is 1. The van der Waals surface area contributed by atoms with E-state index in [1.54, 1.807) is 6.07 Å². The van der Waals surface area contributed by atoms with Crippen LogP contribution in [0.5, 0.6) is 0 Å². The van der Waals surface area contributed by atoms with Gasteiger partial charge in [-0.1, -0.05) is 0 Å². The van der Waals surface area contributed by atoms with Crippen LogP contribution in [0.4, 0.5) is 13.2 Å². The third-order valence-corrected chi connectivity index (χ3v) is 1.93. The molecule has 0 saturated heterocycles. The summed E-state index contributed by atoms with van der Waals surface area (Å²) in [5.74, 6) is -0.836. The highest BCUT2D eigenvalue weighted by Crippen LogP contribution is 2.32. The Morgan fingerprint density at radius 3 is 2.50 bits per heavy atom. The van der Waals surface area contributed by atoms with Crippen LogP contribution in [0.1, 0.15) is 21.5 Å². The van der Waals surface area contributed by atoms with Gasteiger partial charge in [0.25, 0.3) is 5.91 Å². The molecule has 3 nitrogen and oxygen atoms in total. The Balaban J connectivity index is 3.40. The number of hydrogen-bond donors (Lipinski definition) is 1. The zero-order valence-corrected chi connectivity index (χ0v) is 8.22. The topological polar surface area (TPSA) is 52.9 Å². The van der Waals surface area contributed by atoms with Crippen LogP contribution >= 0.6 is 0 Å². The summed E-state index contributed by atoms with van der Waals surface area (Å²) in [6.07, 6.45) is -4.66. The van der Waals surface area contributed by atoms with Gasteiger partial charge >= 0.3 is 6.18 Å². The molecule has 1 aromatic carbocycles. The van der Waals surface area contributed by atoms with Gasteiger partial charge < -0.3 is 5.32 Å². The minimum atomic E-state index is -4.66. The Kier molecular flexibility index (Phi) is 3.18. The van der Waals surface area contributed by atoms with Crippen LogP contribution in [-0.4, -0.2) is 13.0 Å². The molecule has 0 atom stereocenters. The van der Waals surface area contributed by atoms with Gasteiger partial charge in [0, 0.05) is 7.05 Å². The number of halogens is 3. The number of rotatable bonds is 1. The van der Waals surface area contributed by atoms with Crippen molar-refractivity contribution in [2.24, 2.45) is 0 Å². The third kappa shape index (κ3) is 2.31. The smallest absolute Gasteiger partial charge is 0.355 e. The predicted molar refractivity (Wildman–Crippen MR) is 49.5 cm³/mol. The molecule has 0 aromatic heterocycles. The lowest BCUT2D eigenvalue weighted by atomic mass is 10.0. The summed E-state index contributed by atoms with van der Waals surface area (Å²) < 4.78 is 37.7. The summed E-state index contributed by atoms with van der Waals surface area (Å²) in [6, 6.07) is 4.40. The number of nitrogens with one attached hydrogen (secondary N) is 1. The molecule has 0 heterocycles. The SMILES string of the molecule is CNC(=O)c1ccc(C#N)cc1C(F)(F)F. The van der Waals surface area contributed by atoms with Gasteiger partial charge in [-0.3, -0.25) is 4.79 Å². The average molecular weight is 228 g/mol. The number of carbonyl (C=O) groups is 1. The molecule has 0 aliphatic heterocycles. The van der Waals surface area contributed by atoms with Gasteiger partial charge in [-0.15, -0.1) is 0 Å². The molecule has 0 aliphatic carbocycles. The molecule has 0 saturated carbocycles. The Bertz CT molecular complexity index is 460. The lowest BCUT2D eigenvalue weighted by Gasteiger charge is -2.11. The Morgan fingerprint density at radius 1 is 1.44 bits per heavy atom. The predicted octanol–water partition coefficient (Wildman–Crippen LogP) is 1.94. The van der Waals surface area contributed by atoms with Crippen molar-refractivity contribution in [3.8, 4) is 6.07 Å². The maximum Gasteiger partial charge on any atom is 0.417 e. The second-order valence-corrected chi connectivity index (χ2v) is 2.95. The molecule has 0 spiro atoms. The lowest BCUT2D eigenvalue weighted by Crippen LogP contribution is -2.22. The molecule has 0 unspecified atom stereocenters. The summed E-state index contributed by atoms with van der Waals surface area (Å²) >= 11 is 0. The highest BCUT2D eigenvalue weighted by Gasteiger charge is 2.35. The molecule has 84 valence electrons. The van der Waals surface area contributed by atoms with Crippen molar-refractivity contribution in [3.63, 3.8) is 0 Å².